The molecule has 2 aliphatic heterocycles. The zero-order valence-electron chi connectivity index (χ0n) is 19.2. The number of carbonyl (C=O) groups excluding carboxylic acids is 1. The fourth-order valence-electron chi connectivity index (χ4n) is 3.93. The molecule has 1 saturated heterocycles. The van der Waals surface area contributed by atoms with E-state index in [-0.39, 0.29) is 28.8 Å². The van der Waals surface area contributed by atoms with Crippen LogP contribution in [-0.4, -0.2) is 67.1 Å². The van der Waals surface area contributed by atoms with Gasteiger partial charge in [0.2, 0.25) is 16.0 Å². The maximum absolute atomic E-state index is 13.3. The number of rotatable bonds is 3. The van der Waals surface area contributed by atoms with Gasteiger partial charge in [0.1, 0.15) is 22.5 Å². The smallest absolute Gasteiger partial charge is 0.414 e. The van der Waals surface area contributed by atoms with Crippen molar-refractivity contribution in [2.75, 3.05) is 42.5 Å². The lowest BCUT2D eigenvalue weighted by molar-refractivity contribution is 0.0584. The third-order valence-corrected chi connectivity index (χ3v) is 7.61. The van der Waals surface area contributed by atoms with Gasteiger partial charge in [-0.3, -0.25) is 4.90 Å². The van der Waals surface area contributed by atoms with Crippen LogP contribution in [0.1, 0.15) is 32.0 Å². The second kappa shape index (κ2) is 9.02. The third kappa shape index (κ3) is 4.94. The highest BCUT2D eigenvalue weighted by atomic mass is 35.5. The van der Waals surface area contributed by atoms with E-state index in [0.717, 1.165) is 5.56 Å². The number of carbonyl (C=O) groups is 1. The molecule has 0 aliphatic carbocycles. The molecule has 0 radical (unpaired) electrons. The average molecular weight is 505 g/mol. The summed E-state index contributed by atoms with van der Waals surface area (Å²) in [6.07, 6.45) is 0.111. The van der Waals surface area contributed by atoms with Gasteiger partial charge in [-0.15, -0.1) is 0 Å². The Kier molecular flexibility index (Phi) is 6.42. The number of ether oxygens (including phenoxy) is 1. The molecule has 180 valence electrons. The summed E-state index contributed by atoms with van der Waals surface area (Å²) in [7, 11) is -3.72. The van der Waals surface area contributed by atoms with E-state index < -0.39 is 21.7 Å². The van der Waals surface area contributed by atoms with E-state index in [9.17, 15) is 13.2 Å². The molecule has 1 fully saturated rings. The van der Waals surface area contributed by atoms with Crippen LogP contribution in [0.25, 0.3) is 0 Å². The monoisotopic (exact) mass is 504 g/mol. The van der Waals surface area contributed by atoms with E-state index in [0.29, 0.717) is 37.7 Å². The molecule has 12 heteroatoms. The van der Waals surface area contributed by atoms with Crippen molar-refractivity contribution in [1.29, 1.82) is 5.26 Å². The number of hydrogen-bond acceptors (Lipinski definition) is 8. The third-order valence-electron chi connectivity index (χ3n) is 5.52. The number of hydrogen-bond donors (Lipinski definition) is 0. The van der Waals surface area contributed by atoms with Gasteiger partial charge < -0.3 is 9.64 Å². The molecule has 34 heavy (non-hydrogen) atoms. The molecule has 0 spiro atoms. The topological polar surface area (TPSA) is 120 Å². The summed E-state index contributed by atoms with van der Waals surface area (Å²) in [4.78, 5) is 24.3. The van der Waals surface area contributed by atoms with Crippen LogP contribution in [0.5, 0.6) is 0 Å². The van der Waals surface area contributed by atoms with Gasteiger partial charge in [0.05, 0.1) is 10.6 Å². The van der Waals surface area contributed by atoms with Crippen LogP contribution in [0.4, 0.5) is 16.4 Å². The summed E-state index contributed by atoms with van der Waals surface area (Å²) < 4.78 is 33.5. The Labute approximate surface area is 203 Å². The highest BCUT2D eigenvalue weighted by Gasteiger charge is 2.33. The Balaban J connectivity index is 1.47. The van der Waals surface area contributed by atoms with Crippen molar-refractivity contribution in [3.8, 4) is 6.07 Å². The number of sulfonamides is 1. The van der Waals surface area contributed by atoms with Crippen LogP contribution < -0.4 is 9.80 Å². The molecule has 1 aromatic heterocycles. The minimum atomic E-state index is -3.72. The standard InChI is InChI=1S/C22H25ClN6O4S/c1-22(2,3)33-21(30)29-7-6-15-12-17(4-5-18(15)29)34(31,32)28-10-8-27(9-11-28)20-25-16(14-24)13-19(23)26-20/h4-5,12-13H,6-11H2,1-3H3. The SMILES string of the molecule is CC(C)(C)OC(=O)N1CCc2cc(S(=O)(=O)N3CCN(c4nc(Cl)cc(C#N)n4)CC3)ccc21. The lowest BCUT2D eigenvalue weighted by Gasteiger charge is -2.34. The lowest BCUT2D eigenvalue weighted by Crippen LogP contribution is -2.49. The fourth-order valence-corrected chi connectivity index (χ4v) is 5.58. The normalized spacial score (nSPS) is 16.8. The summed E-state index contributed by atoms with van der Waals surface area (Å²) in [5, 5.41) is 9.25. The van der Waals surface area contributed by atoms with Gasteiger partial charge in [-0.05, 0) is 51.0 Å². The van der Waals surface area contributed by atoms with Gasteiger partial charge in [0, 0.05) is 38.8 Å². The number of benzene rings is 1. The molecule has 1 aromatic carbocycles. The number of anilines is 2. The Morgan fingerprint density at radius 3 is 2.47 bits per heavy atom. The molecule has 2 aliphatic rings. The van der Waals surface area contributed by atoms with E-state index in [1.807, 2.05) is 6.07 Å². The van der Waals surface area contributed by atoms with Crippen molar-refractivity contribution in [3.63, 3.8) is 0 Å². The molecular formula is C22H25ClN6O4S. The van der Waals surface area contributed by atoms with Crippen LogP contribution in [0.3, 0.4) is 0 Å². The summed E-state index contributed by atoms with van der Waals surface area (Å²) in [6, 6.07) is 8.16. The predicted octanol–water partition coefficient (Wildman–Crippen LogP) is 2.81. The van der Waals surface area contributed by atoms with Gasteiger partial charge in [-0.2, -0.15) is 9.57 Å². The zero-order valence-corrected chi connectivity index (χ0v) is 20.7. The number of fused-ring (bicyclic) bond motifs is 1. The number of amides is 1. The second-order valence-corrected chi connectivity index (χ2v) is 11.4. The molecule has 0 bridgehead atoms. The van der Waals surface area contributed by atoms with Gasteiger partial charge >= 0.3 is 6.09 Å². The molecule has 0 N–H and O–H groups in total. The molecule has 10 nitrogen and oxygen atoms in total. The highest BCUT2D eigenvalue weighted by molar-refractivity contribution is 7.89. The van der Waals surface area contributed by atoms with Crippen LogP contribution in [0.15, 0.2) is 29.2 Å². The van der Waals surface area contributed by atoms with E-state index in [4.69, 9.17) is 21.6 Å². The first kappa shape index (κ1) is 24.2. The number of halogens is 1. The largest absolute Gasteiger partial charge is 0.443 e. The van der Waals surface area contributed by atoms with Crippen LogP contribution >= 0.6 is 11.6 Å². The maximum Gasteiger partial charge on any atom is 0.414 e. The Bertz CT molecular complexity index is 1260. The van der Waals surface area contributed by atoms with Crippen LogP contribution in [0.2, 0.25) is 5.15 Å². The summed E-state index contributed by atoms with van der Waals surface area (Å²) >= 11 is 5.97. The van der Waals surface area contributed by atoms with Crippen molar-refractivity contribution in [1.82, 2.24) is 14.3 Å². The number of nitriles is 1. The molecule has 0 saturated carbocycles. The highest BCUT2D eigenvalue weighted by Crippen LogP contribution is 2.32. The van der Waals surface area contributed by atoms with Crippen LogP contribution in [-0.2, 0) is 21.2 Å². The summed E-state index contributed by atoms with van der Waals surface area (Å²) in [5.41, 5.74) is 1.01. The number of piperazine rings is 1. The zero-order chi connectivity index (χ0) is 24.7. The van der Waals surface area contributed by atoms with Crippen molar-refractivity contribution in [3.05, 3.63) is 40.7 Å². The molecule has 4 rings (SSSR count). The fraction of sp³-hybridized carbons (Fsp3) is 0.455. The van der Waals surface area contributed by atoms with Gasteiger partial charge in [-0.25, -0.2) is 23.2 Å². The van der Waals surface area contributed by atoms with E-state index in [1.165, 1.54) is 21.3 Å². The van der Waals surface area contributed by atoms with E-state index >= 15 is 0 Å². The first-order valence-electron chi connectivity index (χ1n) is 10.8. The molecule has 2 aromatic rings. The summed E-state index contributed by atoms with van der Waals surface area (Å²) in [6.45, 7) is 7.05. The maximum atomic E-state index is 13.3. The van der Waals surface area contributed by atoms with Crippen molar-refractivity contribution < 1.29 is 17.9 Å². The minimum Gasteiger partial charge on any atom is -0.443 e. The average Bonchev–Trinajstić information content (AvgIpc) is 3.21. The molecule has 0 atom stereocenters. The second-order valence-electron chi connectivity index (χ2n) is 9.05. The number of aromatic nitrogens is 2. The van der Waals surface area contributed by atoms with Crippen molar-refractivity contribution in [2.45, 2.75) is 37.7 Å². The number of nitrogens with zero attached hydrogens (tertiary/aromatic N) is 6. The van der Waals surface area contributed by atoms with E-state index in [1.54, 1.807) is 37.8 Å². The van der Waals surface area contributed by atoms with Gasteiger partial charge in [0.25, 0.3) is 0 Å². The molecule has 1 amide bonds. The Morgan fingerprint density at radius 1 is 1.12 bits per heavy atom. The van der Waals surface area contributed by atoms with Crippen molar-refractivity contribution >= 4 is 39.4 Å². The lowest BCUT2D eigenvalue weighted by atomic mass is 10.2. The quantitative estimate of drug-likeness (QED) is 0.585. The Morgan fingerprint density at radius 2 is 1.82 bits per heavy atom. The van der Waals surface area contributed by atoms with Crippen LogP contribution in [0, 0.1) is 11.3 Å². The molecular weight excluding hydrogens is 480 g/mol. The first-order valence-corrected chi connectivity index (χ1v) is 12.6. The Hall–Kier alpha value is -2.94. The van der Waals surface area contributed by atoms with Gasteiger partial charge in [0.15, 0.2) is 0 Å². The molecule has 3 heterocycles. The van der Waals surface area contributed by atoms with E-state index in [2.05, 4.69) is 9.97 Å². The first-order chi connectivity index (χ1) is 16.0. The molecule has 0 unspecified atom stereocenters. The minimum absolute atomic E-state index is 0.156. The predicted molar refractivity (Wildman–Crippen MR) is 126 cm³/mol. The van der Waals surface area contributed by atoms with Gasteiger partial charge in [-0.1, -0.05) is 11.6 Å². The summed E-state index contributed by atoms with van der Waals surface area (Å²) in [5.74, 6) is 0.306. The van der Waals surface area contributed by atoms with Crippen molar-refractivity contribution in [2.24, 2.45) is 0 Å².